The summed E-state index contributed by atoms with van der Waals surface area (Å²) in [7, 11) is 0. The van der Waals surface area contributed by atoms with E-state index in [2.05, 4.69) is 51.3 Å². The molecule has 0 aliphatic carbocycles. The lowest BCUT2D eigenvalue weighted by molar-refractivity contribution is 0.262. The summed E-state index contributed by atoms with van der Waals surface area (Å²) in [6, 6.07) is 19.8. The fourth-order valence-electron chi connectivity index (χ4n) is 4.46. The van der Waals surface area contributed by atoms with E-state index < -0.39 is 6.03 Å². The molecule has 0 aliphatic heterocycles. The van der Waals surface area contributed by atoms with Crippen molar-refractivity contribution in [1.29, 1.82) is 0 Å². The quantitative estimate of drug-likeness (QED) is 0.232. The smallest absolute Gasteiger partial charge is 0.324 e. The number of fused-ring (bicyclic) bond motifs is 2. The van der Waals surface area contributed by atoms with Gasteiger partial charge in [-0.05, 0) is 43.3 Å². The highest BCUT2D eigenvalue weighted by Crippen LogP contribution is 2.35. The monoisotopic (exact) mass is 560 g/mol. The first kappa shape index (κ1) is 26.6. The van der Waals surface area contributed by atoms with Crippen LogP contribution in [0.25, 0.3) is 27.8 Å². The summed E-state index contributed by atoms with van der Waals surface area (Å²) in [6.45, 7) is 7.83. The van der Waals surface area contributed by atoms with E-state index in [1.54, 1.807) is 42.1 Å². The number of benzene rings is 2. The van der Waals surface area contributed by atoms with Crippen LogP contribution < -0.4 is 20.9 Å². The number of urea groups is 1. The molecule has 210 valence electrons. The minimum atomic E-state index is -0.447. The number of hydrogen-bond donors (Lipinski definition) is 3. The van der Waals surface area contributed by atoms with Gasteiger partial charge < -0.3 is 15.0 Å². The fraction of sp³-hybridized carbons (Fsp3) is 0.161. The zero-order valence-electron chi connectivity index (χ0n) is 23.5. The number of carbonyl (C=O) groups is 1. The van der Waals surface area contributed by atoms with Crippen molar-refractivity contribution >= 4 is 39.6 Å². The van der Waals surface area contributed by atoms with Gasteiger partial charge in [-0.2, -0.15) is 5.10 Å². The van der Waals surface area contributed by atoms with E-state index >= 15 is 0 Å². The molecule has 0 fully saturated rings. The first-order valence-electron chi connectivity index (χ1n) is 13.3. The molecular formula is C31H28N8O3. The number of amides is 2. The van der Waals surface area contributed by atoms with Crippen LogP contribution >= 0.6 is 0 Å². The molecule has 6 rings (SSSR count). The van der Waals surface area contributed by atoms with Crippen molar-refractivity contribution < 1.29 is 9.53 Å². The van der Waals surface area contributed by atoms with Crippen LogP contribution in [0.15, 0.2) is 83.9 Å². The van der Waals surface area contributed by atoms with Gasteiger partial charge in [0.05, 0.1) is 22.6 Å². The van der Waals surface area contributed by atoms with Crippen molar-refractivity contribution in [3.8, 4) is 17.2 Å². The molecule has 2 aromatic carbocycles. The lowest BCUT2D eigenvalue weighted by Gasteiger charge is -2.14. The average molecular weight is 561 g/mol. The molecule has 4 aromatic heterocycles. The number of nitrogens with zero attached hydrogens (tertiary/aromatic N) is 5. The van der Waals surface area contributed by atoms with Crippen LogP contribution in [-0.2, 0) is 5.41 Å². The molecule has 0 saturated carbocycles. The maximum Gasteiger partial charge on any atom is 0.324 e. The largest absolute Gasteiger partial charge is 0.454 e. The summed E-state index contributed by atoms with van der Waals surface area (Å²) >= 11 is 0. The highest BCUT2D eigenvalue weighted by atomic mass is 16.5. The van der Waals surface area contributed by atoms with Crippen LogP contribution in [0.3, 0.4) is 0 Å². The number of pyridine rings is 2. The van der Waals surface area contributed by atoms with Gasteiger partial charge in [-0.3, -0.25) is 15.1 Å². The molecule has 0 bridgehead atoms. The number of aromatic nitrogens is 6. The minimum Gasteiger partial charge on any atom is -0.454 e. The van der Waals surface area contributed by atoms with E-state index in [-0.39, 0.29) is 11.0 Å². The molecule has 0 radical (unpaired) electrons. The third-order valence-corrected chi connectivity index (χ3v) is 6.65. The fourth-order valence-corrected chi connectivity index (χ4v) is 4.46. The van der Waals surface area contributed by atoms with Gasteiger partial charge in [0.25, 0.3) is 5.56 Å². The standard InChI is InChI=1S/C31H28N8O3/c1-18-29(40)37-28-27(34-18)23(14-16-33-28)42-22-13-12-21(26-20(22)11-8-15-32-26)35-30(41)36-25-17-24(31(2,3)4)38-39(25)19-9-6-5-7-10-19/h5-17H,1-4H3,(H,33,37,40)(H2,35,36,41). The van der Waals surface area contributed by atoms with E-state index in [0.717, 1.165) is 11.4 Å². The highest BCUT2D eigenvalue weighted by molar-refractivity contribution is 6.06. The molecule has 0 atom stereocenters. The van der Waals surface area contributed by atoms with E-state index in [9.17, 15) is 9.59 Å². The summed E-state index contributed by atoms with van der Waals surface area (Å²) in [5.74, 6) is 1.46. The number of aromatic amines is 1. The van der Waals surface area contributed by atoms with Gasteiger partial charge in [0.2, 0.25) is 0 Å². The van der Waals surface area contributed by atoms with Gasteiger partial charge in [0, 0.05) is 35.3 Å². The molecule has 0 spiro atoms. The molecule has 2 amide bonds. The Balaban J connectivity index is 1.31. The third-order valence-electron chi connectivity index (χ3n) is 6.65. The van der Waals surface area contributed by atoms with Crippen LogP contribution in [0.2, 0.25) is 0 Å². The summed E-state index contributed by atoms with van der Waals surface area (Å²) < 4.78 is 7.97. The topological polar surface area (TPSA) is 140 Å². The summed E-state index contributed by atoms with van der Waals surface area (Å²) in [5.41, 5.74) is 3.23. The molecule has 11 heteroatoms. The second kappa shape index (κ2) is 10.4. The normalized spacial score (nSPS) is 11.5. The molecule has 0 unspecified atom stereocenters. The number of nitrogens with one attached hydrogen (secondary N) is 3. The van der Waals surface area contributed by atoms with Gasteiger partial charge in [-0.25, -0.2) is 19.4 Å². The Hall–Kier alpha value is -5.58. The van der Waals surface area contributed by atoms with Gasteiger partial charge in [0.1, 0.15) is 22.8 Å². The van der Waals surface area contributed by atoms with E-state index in [1.165, 1.54) is 6.20 Å². The Labute approximate surface area is 240 Å². The summed E-state index contributed by atoms with van der Waals surface area (Å²) in [6.07, 6.45) is 3.18. The van der Waals surface area contributed by atoms with Crippen molar-refractivity contribution in [3.63, 3.8) is 0 Å². The number of ether oxygens (including phenoxy) is 1. The van der Waals surface area contributed by atoms with Crippen molar-refractivity contribution in [2.75, 3.05) is 10.6 Å². The van der Waals surface area contributed by atoms with E-state index in [4.69, 9.17) is 9.84 Å². The molecule has 0 aliphatic rings. The van der Waals surface area contributed by atoms with Crippen molar-refractivity contribution in [2.24, 2.45) is 0 Å². The van der Waals surface area contributed by atoms with Crippen molar-refractivity contribution in [1.82, 2.24) is 29.7 Å². The molecule has 11 nitrogen and oxygen atoms in total. The predicted octanol–water partition coefficient (Wildman–Crippen LogP) is 6.09. The van der Waals surface area contributed by atoms with Crippen LogP contribution in [0.1, 0.15) is 32.2 Å². The second-order valence-corrected chi connectivity index (χ2v) is 10.8. The highest BCUT2D eigenvalue weighted by Gasteiger charge is 2.22. The Bertz CT molecular complexity index is 2010. The SMILES string of the molecule is Cc1nc2c(Oc3ccc(NC(=O)Nc4cc(C(C)(C)C)nn4-c4ccccc4)c4ncccc34)ccnc2[nH]c1=O. The van der Waals surface area contributed by atoms with Gasteiger partial charge in [-0.15, -0.1) is 0 Å². The van der Waals surface area contributed by atoms with Gasteiger partial charge >= 0.3 is 6.03 Å². The molecule has 42 heavy (non-hydrogen) atoms. The number of para-hydroxylation sites is 1. The number of H-pyrrole nitrogens is 1. The predicted molar refractivity (Wildman–Crippen MR) is 162 cm³/mol. The number of rotatable bonds is 5. The second-order valence-electron chi connectivity index (χ2n) is 10.8. The Morgan fingerprint density at radius 2 is 1.71 bits per heavy atom. The van der Waals surface area contributed by atoms with Crippen LogP contribution in [-0.4, -0.2) is 35.7 Å². The van der Waals surface area contributed by atoms with Crippen LogP contribution in [0.5, 0.6) is 11.5 Å². The Morgan fingerprint density at radius 3 is 2.50 bits per heavy atom. The molecule has 6 aromatic rings. The van der Waals surface area contributed by atoms with E-state index in [1.807, 2.05) is 42.5 Å². The van der Waals surface area contributed by atoms with Crippen molar-refractivity contribution in [3.05, 3.63) is 101 Å². The maximum absolute atomic E-state index is 13.3. The van der Waals surface area contributed by atoms with Gasteiger partial charge in [-0.1, -0.05) is 39.0 Å². The molecular weight excluding hydrogens is 532 g/mol. The average Bonchev–Trinajstić information content (AvgIpc) is 3.40. The van der Waals surface area contributed by atoms with E-state index in [0.29, 0.717) is 50.8 Å². The lowest BCUT2D eigenvalue weighted by atomic mass is 9.92. The molecule has 4 heterocycles. The van der Waals surface area contributed by atoms with Crippen LogP contribution in [0, 0.1) is 6.92 Å². The zero-order chi connectivity index (χ0) is 29.4. The summed E-state index contributed by atoms with van der Waals surface area (Å²) in [4.78, 5) is 41.1. The summed E-state index contributed by atoms with van der Waals surface area (Å²) in [5, 5.41) is 11.3. The number of aryl methyl sites for hydroxylation is 1. The van der Waals surface area contributed by atoms with Gasteiger partial charge in [0.15, 0.2) is 11.4 Å². The number of carbonyl (C=O) groups excluding carboxylic acids is 1. The Kier molecular flexibility index (Phi) is 6.62. The van der Waals surface area contributed by atoms with Crippen molar-refractivity contribution in [2.45, 2.75) is 33.1 Å². The number of hydrogen-bond acceptors (Lipinski definition) is 7. The zero-order valence-corrected chi connectivity index (χ0v) is 23.5. The molecule has 0 saturated heterocycles. The third kappa shape index (κ3) is 5.15. The first-order chi connectivity index (χ1) is 20.2. The minimum absolute atomic E-state index is 0.216. The number of anilines is 2. The lowest BCUT2D eigenvalue weighted by Crippen LogP contribution is -2.21. The molecule has 3 N–H and O–H groups in total. The maximum atomic E-state index is 13.3. The Morgan fingerprint density at radius 1 is 0.905 bits per heavy atom. The first-order valence-corrected chi connectivity index (χ1v) is 13.3. The van der Waals surface area contributed by atoms with Crippen LogP contribution in [0.4, 0.5) is 16.3 Å².